The molecular weight excluding hydrogens is 512 g/mol. The van der Waals surface area contributed by atoms with Gasteiger partial charge in [0.05, 0.1) is 19.3 Å². The third-order valence-corrected chi connectivity index (χ3v) is 6.65. The van der Waals surface area contributed by atoms with E-state index in [-0.39, 0.29) is 19.6 Å². The van der Waals surface area contributed by atoms with Gasteiger partial charge in [0.2, 0.25) is 0 Å². The maximum absolute atomic E-state index is 12.2. The van der Waals surface area contributed by atoms with Crippen molar-refractivity contribution in [1.29, 1.82) is 0 Å². The van der Waals surface area contributed by atoms with E-state index in [4.69, 9.17) is 18.9 Å². The zero-order chi connectivity index (χ0) is 27.9. The van der Waals surface area contributed by atoms with Gasteiger partial charge in [0, 0.05) is 24.2 Å². The van der Waals surface area contributed by atoms with Crippen molar-refractivity contribution in [2.75, 3.05) is 6.61 Å². The highest BCUT2D eigenvalue weighted by atomic mass is 16.6. The van der Waals surface area contributed by atoms with Crippen molar-refractivity contribution in [2.45, 2.75) is 51.6 Å². The number of hydrogen-bond donors (Lipinski definition) is 2. The molecule has 1 saturated heterocycles. The lowest BCUT2D eigenvalue weighted by Crippen LogP contribution is -2.33. The van der Waals surface area contributed by atoms with E-state index in [1.54, 1.807) is 6.92 Å². The summed E-state index contributed by atoms with van der Waals surface area (Å²) in [6.07, 6.45) is -0.497. The number of H-pyrrole nitrogens is 1. The highest BCUT2D eigenvalue weighted by molar-refractivity contribution is 5.38. The van der Waals surface area contributed by atoms with Crippen LogP contribution < -0.4 is 20.7 Å². The van der Waals surface area contributed by atoms with E-state index < -0.39 is 29.7 Å². The van der Waals surface area contributed by atoms with Gasteiger partial charge in [-0.3, -0.25) is 14.3 Å². The van der Waals surface area contributed by atoms with Gasteiger partial charge >= 0.3 is 5.69 Å². The number of aryl methyl sites for hydroxylation is 1. The van der Waals surface area contributed by atoms with E-state index in [1.165, 1.54) is 10.8 Å². The van der Waals surface area contributed by atoms with Gasteiger partial charge in [-0.25, -0.2) is 4.79 Å². The molecule has 0 spiro atoms. The Bertz CT molecular complexity index is 1460. The maximum atomic E-state index is 12.2. The fourth-order valence-corrected chi connectivity index (χ4v) is 4.49. The molecule has 9 heteroatoms. The highest BCUT2D eigenvalue weighted by Crippen LogP contribution is 2.29. The summed E-state index contributed by atoms with van der Waals surface area (Å²) in [6, 6.07) is 25.5. The van der Waals surface area contributed by atoms with E-state index in [0.717, 1.165) is 16.7 Å². The molecule has 2 heterocycles. The fraction of sp³-hybridized carbons (Fsp3) is 0.290. The van der Waals surface area contributed by atoms with Crippen LogP contribution in [-0.2, 0) is 29.3 Å². The Hall–Kier alpha value is -4.18. The molecule has 1 aromatic heterocycles. The Morgan fingerprint density at radius 2 is 1.48 bits per heavy atom. The Kier molecular flexibility index (Phi) is 8.75. The Balaban J connectivity index is 1.23. The number of nitrogens with one attached hydrogen (secondary N) is 1. The zero-order valence-corrected chi connectivity index (χ0v) is 22.2. The number of hydrogen-bond acceptors (Lipinski definition) is 7. The zero-order valence-electron chi connectivity index (χ0n) is 22.2. The van der Waals surface area contributed by atoms with E-state index in [9.17, 15) is 14.7 Å². The Morgan fingerprint density at radius 3 is 2.08 bits per heavy atom. The van der Waals surface area contributed by atoms with Gasteiger partial charge in [-0.1, -0.05) is 60.7 Å². The van der Waals surface area contributed by atoms with Gasteiger partial charge in [0.15, 0.2) is 0 Å². The predicted molar refractivity (Wildman–Crippen MR) is 148 cm³/mol. The molecule has 0 bridgehead atoms. The van der Waals surface area contributed by atoms with E-state index in [1.807, 2.05) is 78.9 Å². The Morgan fingerprint density at radius 1 is 0.875 bits per heavy atom. The van der Waals surface area contributed by atoms with Gasteiger partial charge in [0.1, 0.15) is 37.0 Å². The first-order valence-electron chi connectivity index (χ1n) is 13.2. The molecule has 3 aromatic carbocycles. The minimum absolute atomic E-state index is 0.115. The summed E-state index contributed by atoms with van der Waals surface area (Å²) in [6.45, 7) is 2.78. The van der Waals surface area contributed by atoms with Gasteiger partial charge in [-0.15, -0.1) is 0 Å². The van der Waals surface area contributed by atoms with Crippen molar-refractivity contribution in [3.05, 3.63) is 128 Å². The fourth-order valence-electron chi connectivity index (χ4n) is 4.49. The summed E-state index contributed by atoms with van der Waals surface area (Å²) in [7, 11) is 0. The van der Waals surface area contributed by atoms with Gasteiger partial charge in [0.25, 0.3) is 5.56 Å². The van der Waals surface area contributed by atoms with E-state index in [2.05, 4.69) is 4.98 Å². The summed E-state index contributed by atoms with van der Waals surface area (Å²) in [5.41, 5.74) is 2.30. The van der Waals surface area contributed by atoms with Crippen LogP contribution in [0.1, 0.15) is 34.9 Å². The average Bonchev–Trinajstić information content (AvgIpc) is 3.33. The van der Waals surface area contributed by atoms with Crippen LogP contribution in [0, 0.1) is 6.92 Å². The molecule has 0 unspecified atom stereocenters. The minimum Gasteiger partial charge on any atom is -0.489 e. The number of ether oxygens (including phenoxy) is 4. The first-order chi connectivity index (χ1) is 19.4. The minimum atomic E-state index is -0.825. The van der Waals surface area contributed by atoms with Crippen LogP contribution in [0.15, 0.2) is 94.6 Å². The summed E-state index contributed by atoms with van der Waals surface area (Å²) in [5, 5.41) is 10.5. The third kappa shape index (κ3) is 7.06. The van der Waals surface area contributed by atoms with Crippen molar-refractivity contribution in [1.82, 2.24) is 9.55 Å². The van der Waals surface area contributed by atoms with E-state index >= 15 is 0 Å². The molecule has 3 atom stereocenters. The van der Waals surface area contributed by atoms with Gasteiger partial charge in [-0.2, -0.15) is 0 Å². The quantitative estimate of drug-likeness (QED) is 0.295. The maximum Gasteiger partial charge on any atom is 0.330 e. The lowest BCUT2D eigenvalue weighted by atomic mass is 10.2. The lowest BCUT2D eigenvalue weighted by molar-refractivity contribution is -0.0668. The topological polar surface area (TPSA) is 112 Å². The highest BCUT2D eigenvalue weighted by Gasteiger charge is 2.35. The molecule has 0 aliphatic carbocycles. The predicted octanol–water partition coefficient (Wildman–Crippen LogP) is 3.87. The molecule has 0 saturated carbocycles. The largest absolute Gasteiger partial charge is 0.489 e. The monoisotopic (exact) mass is 544 g/mol. The smallest absolute Gasteiger partial charge is 0.330 e. The second kappa shape index (κ2) is 12.8. The first kappa shape index (κ1) is 27.4. The van der Waals surface area contributed by atoms with Crippen LogP contribution in [0.5, 0.6) is 11.5 Å². The second-order valence-electron chi connectivity index (χ2n) is 9.79. The molecule has 0 amide bonds. The van der Waals surface area contributed by atoms with Crippen LogP contribution in [0.25, 0.3) is 0 Å². The van der Waals surface area contributed by atoms with Crippen molar-refractivity contribution in [3.8, 4) is 11.5 Å². The summed E-state index contributed by atoms with van der Waals surface area (Å²) in [5.74, 6) is 1.30. The van der Waals surface area contributed by atoms with Gasteiger partial charge < -0.3 is 24.1 Å². The first-order valence-corrected chi connectivity index (χ1v) is 13.2. The lowest BCUT2D eigenvalue weighted by Gasteiger charge is -2.17. The van der Waals surface area contributed by atoms with Crippen molar-refractivity contribution in [3.63, 3.8) is 0 Å². The number of aromatic amines is 1. The molecular formula is C31H32N2O7. The van der Waals surface area contributed by atoms with Crippen molar-refractivity contribution in [2.24, 2.45) is 0 Å². The number of aliphatic hydroxyl groups excluding tert-OH is 1. The standard InChI is InChI=1S/C31H32N2O7/c1-21-16-33(31(36)32-30(21)35)29-15-27(34)28(40-29)20-37-17-24-12-25(38-18-22-8-4-2-5-9-22)14-26(13-24)39-19-23-10-6-3-7-11-23/h2-14,16,27-29,34H,15,17-20H2,1H3,(H,32,35,36)/t27-,28+,29+/m0/s1. The molecule has 1 fully saturated rings. The average molecular weight is 545 g/mol. The molecule has 208 valence electrons. The molecule has 2 N–H and O–H groups in total. The molecule has 1 aliphatic heterocycles. The molecule has 1 aliphatic rings. The van der Waals surface area contributed by atoms with Crippen LogP contribution in [0.2, 0.25) is 0 Å². The summed E-state index contributed by atoms with van der Waals surface area (Å²) < 4.78 is 25.2. The molecule has 40 heavy (non-hydrogen) atoms. The Labute approximate surface area is 231 Å². The van der Waals surface area contributed by atoms with Crippen molar-refractivity contribution >= 4 is 0 Å². The molecule has 4 aromatic rings. The van der Waals surface area contributed by atoms with Crippen LogP contribution in [0.4, 0.5) is 0 Å². The number of rotatable bonds is 11. The number of nitrogens with zero attached hydrogens (tertiary/aromatic N) is 1. The third-order valence-electron chi connectivity index (χ3n) is 6.65. The van der Waals surface area contributed by atoms with Crippen LogP contribution >= 0.6 is 0 Å². The second-order valence-corrected chi connectivity index (χ2v) is 9.79. The van der Waals surface area contributed by atoms with Crippen LogP contribution in [-0.4, -0.2) is 33.5 Å². The number of aromatic nitrogens is 2. The normalized spacial score (nSPS) is 18.5. The summed E-state index contributed by atoms with van der Waals surface area (Å²) in [4.78, 5) is 26.2. The van der Waals surface area contributed by atoms with Gasteiger partial charge in [-0.05, 0) is 35.7 Å². The van der Waals surface area contributed by atoms with E-state index in [0.29, 0.717) is 30.3 Å². The van der Waals surface area contributed by atoms with Crippen LogP contribution in [0.3, 0.4) is 0 Å². The SMILES string of the molecule is Cc1cn([C@H]2C[C@H](O)[C@@H](COCc3cc(OCc4ccccc4)cc(OCc4ccccc4)c3)O2)c(=O)[nH]c1=O. The molecule has 5 rings (SSSR count). The number of aliphatic hydroxyl groups is 1. The summed E-state index contributed by atoms with van der Waals surface area (Å²) >= 11 is 0. The van der Waals surface area contributed by atoms with Crippen molar-refractivity contribution < 1.29 is 24.1 Å². The molecule has 0 radical (unpaired) electrons. The molecule has 9 nitrogen and oxygen atoms in total. The number of benzene rings is 3.